The molecule has 0 unspecified atom stereocenters. The standard InChI is InChI=1S/C24H29FN4O4/c1-2-11-26-22(30)16-28-12-14-29(15-13-28)24(32)18-7-3-6-10-21(18)33-17-23(31)27-20-9-5-4-8-19(20)25/h3-10H,2,11-17H2,1H3,(H,26,30)(H,27,31). The zero-order chi connectivity index (χ0) is 23.6. The van der Waals surface area contributed by atoms with Crippen LogP contribution in [0.4, 0.5) is 10.1 Å². The van der Waals surface area contributed by atoms with E-state index >= 15 is 0 Å². The van der Waals surface area contributed by atoms with Crippen LogP contribution >= 0.6 is 0 Å². The summed E-state index contributed by atoms with van der Waals surface area (Å²) in [7, 11) is 0. The van der Waals surface area contributed by atoms with Crippen LogP contribution in [-0.2, 0) is 9.59 Å². The minimum atomic E-state index is -0.539. The Balaban J connectivity index is 1.53. The third-order valence-electron chi connectivity index (χ3n) is 5.22. The van der Waals surface area contributed by atoms with Gasteiger partial charge in [0.25, 0.3) is 11.8 Å². The zero-order valence-corrected chi connectivity index (χ0v) is 18.7. The third-order valence-corrected chi connectivity index (χ3v) is 5.22. The summed E-state index contributed by atoms with van der Waals surface area (Å²) in [6.45, 7) is 4.79. The van der Waals surface area contributed by atoms with Crippen LogP contribution in [0.5, 0.6) is 5.75 Å². The molecule has 176 valence electrons. The molecule has 1 aliphatic heterocycles. The first-order chi connectivity index (χ1) is 16.0. The number of hydrogen-bond donors (Lipinski definition) is 2. The number of benzene rings is 2. The van der Waals surface area contributed by atoms with E-state index in [4.69, 9.17) is 4.74 Å². The summed E-state index contributed by atoms with van der Waals surface area (Å²) < 4.78 is 19.3. The molecule has 3 rings (SSSR count). The fourth-order valence-corrected chi connectivity index (χ4v) is 3.46. The number of anilines is 1. The van der Waals surface area contributed by atoms with Crippen LogP contribution in [0.2, 0.25) is 0 Å². The van der Waals surface area contributed by atoms with Crippen molar-refractivity contribution in [2.75, 3.05) is 51.2 Å². The smallest absolute Gasteiger partial charge is 0.262 e. The van der Waals surface area contributed by atoms with Crippen molar-refractivity contribution in [1.29, 1.82) is 0 Å². The van der Waals surface area contributed by atoms with E-state index in [1.807, 2.05) is 11.8 Å². The van der Waals surface area contributed by atoms with Crippen molar-refractivity contribution in [2.45, 2.75) is 13.3 Å². The molecule has 2 aromatic rings. The maximum atomic E-state index is 13.7. The quantitative estimate of drug-likeness (QED) is 0.603. The van der Waals surface area contributed by atoms with Gasteiger partial charge in [-0.2, -0.15) is 0 Å². The monoisotopic (exact) mass is 456 g/mol. The lowest BCUT2D eigenvalue weighted by molar-refractivity contribution is -0.122. The van der Waals surface area contributed by atoms with Crippen LogP contribution in [0, 0.1) is 5.82 Å². The Morgan fingerprint density at radius 1 is 0.970 bits per heavy atom. The molecule has 1 heterocycles. The number of hydrogen-bond acceptors (Lipinski definition) is 5. The lowest BCUT2D eigenvalue weighted by atomic mass is 10.1. The van der Waals surface area contributed by atoms with E-state index in [1.54, 1.807) is 35.2 Å². The average Bonchev–Trinajstić information content (AvgIpc) is 2.83. The van der Waals surface area contributed by atoms with Gasteiger partial charge in [0.15, 0.2) is 6.61 Å². The number of ether oxygens (including phenoxy) is 1. The number of carbonyl (C=O) groups is 3. The van der Waals surface area contributed by atoms with Gasteiger partial charge in [-0.1, -0.05) is 31.2 Å². The van der Waals surface area contributed by atoms with Crippen molar-refractivity contribution in [3.63, 3.8) is 0 Å². The fraction of sp³-hybridized carbons (Fsp3) is 0.375. The number of carbonyl (C=O) groups excluding carboxylic acids is 3. The topological polar surface area (TPSA) is 91.0 Å². The second-order valence-electron chi connectivity index (χ2n) is 7.73. The van der Waals surface area contributed by atoms with Gasteiger partial charge in [-0.05, 0) is 30.7 Å². The molecule has 0 atom stereocenters. The molecule has 0 radical (unpaired) electrons. The summed E-state index contributed by atoms with van der Waals surface area (Å²) in [4.78, 5) is 40.9. The number of piperazine rings is 1. The zero-order valence-electron chi connectivity index (χ0n) is 18.7. The number of halogens is 1. The summed E-state index contributed by atoms with van der Waals surface area (Å²) in [5.74, 6) is -0.993. The molecule has 9 heteroatoms. The molecular formula is C24H29FN4O4. The van der Waals surface area contributed by atoms with Gasteiger partial charge in [0.1, 0.15) is 11.6 Å². The SMILES string of the molecule is CCCNC(=O)CN1CCN(C(=O)c2ccccc2OCC(=O)Nc2ccccc2F)CC1. The third kappa shape index (κ3) is 7.01. The van der Waals surface area contributed by atoms with Gasteiger partial charge < -0.3 is 20.3 Å². The molecule has 0 aromatic heterocycles. The largest absolute Gasteiger partial charge is 0.483 e. The Labute approximate surface area is 192 Å². The van der Waals surface area contributed by atoms with E-state index in [-0.39, 0.29) is 29.9 Å². The van der Waals surface area contributed by atoms with Gasteiger partial charge in [0, 0.05) is 32.7 Å². The first-order valence-electron chi connectivity index (χ1n) is 11.0. The summed E-state index contributed by atoms with van der Waals surface area (Å²) in [5, 5.41) is 5.31. The molecule has 8 nitrogen and oxygen atoms in total. The predicted octanol–water partition coefficient (Wildman–Crippen LogP) is 2.13. The molecule has 33 heavy (non-hydrogen) atoms. The lowest BCUT2D eigenvalue weighted by Gasteiger charge is -2.34. The number of nitrogens with one attached hydrogen (secondary N) is 2. The Morgan fingerprint density at radius 3 is 2.39 bits per heavy atom. The first kappa shape index (κ1) is 24.2. The predicted molar refractivity (Wildman–Crippen MR) is 123 cm³/mol. The normalized spacial score (nSPS) is 13.9. The summed E-state index contributed by atoms with van der Waals surface area (Å²) >= 11 is 0. The second-order valence-corrected chi connectivity index (χ2v) is 7.73. The number of amides is 3. The first-order valence-corrected chi connectivity index (χ1v) is 11.0. The maximum absolute atomic E-state index is 13.7. The van der Waals surface area contributed by atoms with E-state index < -0.39 is 11.7 Å². The van der Waals surface area contributed by atoms with Crippen LogP contribution in [0.1, 0.15) is 23.7 Å². The molecule has 2 aromatic carbocycles. The highest BCUT2D eigenvalue weighted by Gasteiger charge is 2.25. The van der Waals surface area contributed by atoms with Crippen LogP contribution < -0.4 is 15.4 Å². The van der Waals surface area contributed by atoms with Crippen molar-refractivity contribution in [1.82, 2.24) is 15.1 Å². The van der Waals surface area contributed by atoms with E-state index in [9.17, 15) is 18.8 Å². The van der Waals surface area contributed by atoms with Gasteiger partial charge >= 0.3 is 0 Å². The highest BCUT2D eigenvalue weighted by atomic mass is 19.1. The van der Waals surface area contributed by atoms with Gasteiger partial charge in [0.2, 0.25) is 5.91 Å². The minimum Gasteiger partial charge on any atom is -0.483 e. The Hall–Kier alpha value is -3.46. The van der Waals surface area contributed by atoms with Crippen molar-refractivity contribution < 1.29 is 23.5 Å². The van der Waals surface area contributed by atoms with Crippen molar-refractivity contribution in [3.8, 4) is 5.75 Å². The van der Waals surface area contributed by atoms with E-state index in [0.29, 0.717) is 44.8 Å². The summed E-state index contributed by atoms with van der Waals surface area (Å²) in [5.41, 5.74) is 0.419. The Bertz CT molecular complexity index is 976. The molecule has 1 aliphatic rings. The molecule has 2 N–H and O–H groups in total. The number of para-hydroxylation sites is 2. The summed E-state index contributed by atoms with van der Waals surface area (Å²) in [6.07, 6.45) is 0.889. The minimum absolute atomic E-state index is 0.0102. The highest BCUT2D eigenvalue weighted by Crippen LogP contribution is 2.21. The summed E-state index contributed by atoms with van der Waals surface area (Å²) in [6, 6.07) is 12.6. The number of nitrogens with zero attached hydrogens (tertiary/aromatic N) is 2. The van der Waals surface area contributed by atoms with Crippen LogP contribution in [-0.4, -0.2) is 73.4 Å². The van der Waals surface area contributed by atoms with E-state index in [0.717, 1.165) is 6.42 Å². The van der Waals surface area contributed by atoms with E-state index in [1.165, 1.54) is 18.2 Å². The second kappa shape index (κ2) is 12.0. The molecule has 3 amide bonds. The molecule has 0 saturated carbocycles. The van der Waals surface area contributed by atoms with Crippen LogP contribution in [0.15, 0.2) is 48.5 Å². The molecule has 1 saturated heterocycles. The molecule has 1 fully saturated rings. The van der Waals surface area contributed by atoms with E-state index in [2.05, 4.69) is 10.6 Å². The van der Waals surface area contributed by atoms with Crippen molar-refractivity contribution >= 4 is 23.4 Å². The van der Waals surface area contributed by atoms with Crippen LogP contribution in [0.25, 0.3) is 0 Å². The highest BCUT2D eigenvalue weighted by molar-refractivity contribution is 5.97. The lowest BCUT2D eigenvalue weighted by Crippen LogP contribution is -2.51. The molecule has 0 aliphatic carbocycles. The van der Waals surface area contributed by atoms with Gasteiger partial charge in [-0.3, -0.25) is 19.3 Å². The Morgan fingerprint density at radius 2 is 1.67 bits per heavy atom. The maximum Gasteiger partial charge on any atom is 0.262 e. The Kier molecular flexibility index (Phi) is 8.77. The fourth-order valence-electron chi connectivity index (χ4n) is 3.46. The van der Waals surface area contributed by atoms with Gasteiger partial charge in [-0.15, -0.1) is 0 Å². The van der Waals surface area contributed by atoms with Crippen molar-refractivity contribution in [2.24, 2.45) is 0 Å². The van der Waals surface area contributed by atoms with Gasteiger partial charge in [-0.25, -0.2) is 4.39 Å². The van der Waals surface area contributed by atoms with Crippen molar-refractivity contribution in [3.05, 3.63) is 59.9 Å². The number of rotatable bonds is 9. The van der Waals surface area contributed by atoms with Gasteiger partial charge in [0.05, 0.1) is 17.8 Å². The average molecular weight is 457 g/mol. The molecular weight excluding hydrogens is 427 g/mol. The molecule has 0 spiro atoms. The molecule has 0 bridgehead atoms. The van der Waals surface area contributed by atoms with Crippen LogP contribution in [0.3, 0.4) is 0 Å².